The lowest BCUT2D eigenvalue weighted by Gasteiger charge is -2.29. The van der Waals surface area contributed by atoms with Crippen LogP contribution in [-0.2, 0) is 16.4 Å². The Morgan fingerprint density at radius 3 is 2.73 bits per heavy atom. The van der Waals surface area contributed by atoms with Gasteiger partial charge in [-0.3, -0.25) is 4.98 Å². The molecule has 0 unspecified atom stereocenters. The van der Waals surface area contributed by atoms with Crippen molar-refractivity contribution < 1.29 is 8.42 Å². The Labute approximate surface area is 97.5 Å². The van der Waals surface area contributed by atoms with Crippen LogP contribution in [0.5, 0.6) is 0 Å². The van der Waals surface area contributed by atoms with Gasteiger partial charge in [0.25, 0.3) is 0 Å². The molecule has 0 atom stereocenters. The van der Waals surface area contributed by atoms with Gasteiger partial charge >= 0.3 is 0 Å². The highest BCUT2D eigenvalue weighted by molar-refractivity contribution is 9.10. The minimum atomic E-state index is -2.90. The van der Waals surface area contributed by atoms with Crippen molar-refractivity contribution >= 4 is 26.0 Å². The Morgan fingerprint density at radius 1 is 1.47 bits per heavy atom. The van der Waals surface area contributed by atoms with Gasteiger partial charge in [0.15, 0.2) is 0 Å². The maximum atomic E-state index is 11.2. The average molecular weight is 291 g/mol. The molecule has 2 heterocycles. The fraction of sp³-hybridized carbons (Fsp3) is 0.444. The summed E-state index contributed by atoms with van der Waals surface area (Å²) < 4.78 is 24.8. The number of halogens is 1. The van der Waals surface area contributed by atoms with E-state index in [-0.39, 0.29) is 0 Å². The van der Waals surface area contributed by atoms with Crippen LogP contribution in [0, 0.1) is 0 Å². The van der Waals surface area contributed by atoms with Crippen LogP contribution in [0.4, 0.5) is 0 Å². The highest BCUT2D eigenvalue weighted by atomic mass is 79.9. The summed E-state index contributed by atoms with van der Waals surface area (Å²) in [5, 5.41) is 0. The van der Waals surface area contributed by atoms with E-state index in [2.05, 4.69) is 20.9 Å². The number of pyridine rings is 1. The first kappa shape index (κ1) is 11.0. The van der Waals surface area contributed by atoms with E-state index in [1.165, 1.54) is 4.31 Å². The maximum Gasteiger partial charge on any atom is 0.215 e. The van der Waals surface area contributed by atoms with E-state index in [9.17, 15) is 8.42 Å². The predicted octanol–water partition coefficient (Wildman–Crippen LogP) is 1.03. The molecule has 82 valence electrons. The zero-order valence-corrected chi connectivity index (χ0v) is 10.5. The van der Waals surface area contributed by atoms with Gasteiger partial charge in [-0.05, 0) is 28.1 Å². The molecule has 1 saturated heterocycles. The van der Waals surface area contributed by atoms with Gasteiger partial charge in [0.1, 0.15) is 0 Å². The molecule has 0 aliphatic carbocycles. The van der Waals surface area contributed by atoms with Gasteiger partial charge in [0.2, 0.25) is 10.0 Å². The van der Waals surface area contributed by atoms with Crippen LogP contribution in [0.2, 0.25) is 0 Å². The van der Waals surface area contributed by atoms with Gasteiger partial charge in [-0.15, -0.1) is 0 Å². The second kappa shape index (κ2) is 4.19. The van der Waals surface area contributed by atoms with Crippen molar-refractivity contribution in [3.8, 4) is 0 Å². The normalized spacial score (nSPS) is 19.8. The second-order valence-corrected chi connectivity index (χ2v) is 6.44. The molecule has 0 spiro atoms. The van der Waals surface area contributed by atoms with Crippen LogP contribution in [0.25, 0.3) is 0 Å². The number of rotatable bonds is 3. The molecule has 0 radical (unpaired) electrons. The highest BCUT2D eigenvalue weighted by Gasteiger charge is 2.31. The minimum absolute atomic E-state index is 0.292. The largest absolute Gasteiger partial charge is 0.260 e. The lowest BCUT2D eigenvalue weighted by molar-refractivity contribution is 0.386. The summed E-state index contributed by atoms with van der Waals surface area (Å²) in [7, 11) is -2.90. The molecule has 0 N–H and O–H groups in total. The van der Waals surface area contributed by atoms with Crippen molar-refractivity contribution in [1.82, 2.24) is 9.29 Å². The standard InChI is InChI=1S/C9H11BrN2O2S/c10-8-1-2-9(11-7-8)3-4-12-5-6-15(12,13)14/h1-2,7H,3-6H2. The van der Waals surface area contributed by atoms with E-state index >= 15 is 0 Å². The van der Waals surface area contributed by atoms with Crippen LogP contribution in [0.3, 0.4) is 0 Å². The fourth-order valence-electron chi connectivity index (χ4n) is 1.41. The summed E-state index contributed by atoms with van der Waals surface area (Å²) in [5.41, 5.74) is 0.917. The molecule has 6 heteroatoms. The van der Waals surface area contributed by atoms with Crippen molar-refractivity contribution in [2.75, 3.05) is 18.8 Å². The monoisotopic (exact) mass is 290 g/mol. The minimum Gasteiger partial charge on any atom is -0.260 e. The Bertz CT molecular complexity index is 444. The van der Waals surface area contributed by atoms with Crippen LogP contribution in [0.1, 0.15) is 5.69 Å². The summed E-state index contributed by atoms with van der Waals surface area (Å²) in [6.07, 6.45) is 2.40. The highest BCUT2D eigenvalue weighted by Crippen LogP contribution is 2.14. The predicted molar refractivity (Wildman–Crippen MR) is 61.0 cm³/mol. The third-order valence-corrected chi connectivity index (χ3v) is 4.72. The van der Waals surface area contributed by atoms with Crippen molar-refractivity contribution in [3.05, 3.63) is 28.5 Å². The Hall–Kier alpha value is -0.460. The molecule has 1 fully saturated rings. The lowest BCUT2D eigenvalue weighted by Crippen LogP contribution is -2.48. The first-order valence-corrected chi connectivity index (χ1v) is 7.06. The van der Waals surface area contributed by atoms with E-state index in [0.29, 0.717) is 25.3 Å². The van der Waals surface area contributed by atoms with Crippen LogP contribution >= 0.6 is 15.9 Å². The van der Waals surface area contributed by atoms with Crippen LogP contribution in [0.15, 0.2) is 22.8 Å². The average Bonchev–Trinajstić information content (AvgIpc) is 2.20. The van der Waals surface area contributed by atoms with Crippen molar-refractivity contribution in [2.45, 2.75) is 6.42 Å². The van der Waals surface area contributed by atoms with Gasteiger partial charge in [-0.25, -0.2) is 12.7 Å². The summed E-state index contributed by atoms with van der Waals surface area (Å²) >= 11 is 3.30. The molecule has 0 amide bonds. The molecule has 1 aliphatic rings. The van der Waals surface area contributed by atoms with Crippen molar-refractivity contribution in [3.63, 3.8) is 0 Å². The van der Waals surface area contributed by atoms with E-state index in [1.54, 1.807) is 6.20 Å². The molecular weight excluding hydrogens is 280 g/mol. The van der Waals surface area contributed by atoms with Crippen molar-refractivity contribution in [1.29, 1.82) is 0 Å². The molecular formula is C9H11BrN2O2S. The second-order valence-electron chi connectivity index (χ2n) is 3.43. The lowest BCUT2D eigenvalue weighted by atomic mass is 10.3. The molecule has 1 aromatic rings. The Morgan fingerprint density at radius 2 is 2.27 bits per heavy atom. The zero-order valence-electron chi connectivity index (χ0n) is 8.06. The fourth-order valence-corrected chi connectivity index (χ4v) is 2.76. The number of hydrogen-bond acceptors (Lipinski definition) is 3. The van der Waals surface area contributed by atoms with Crippen LogP contribution < -0.4 is 0 Å². The zero-order chi connectivity index (χ0) is 10.9. The van der Waals surface area contributed by atoms with Crippen molar-refractivity contribution in [2.24, 2.45) is 0 Å². The van der Waals surface area contributed by atoms with Gasteiger partial charge < -0.3 is 0 Å². The Kier molecular flexibility index (Phi) is 3.08. The number of hydrogen-bond donors (Lipinski definition) is 0. The summed E-state index contributed by atoms with van der Waals surface area (Å²) in [6, 6.07) is 3.81. The van der Waals surface area contributed by atoms with E-state index in [1.807, 2.05) is 12.1 Å². The summed E-state index contributed by atoms with van der Waals surface area (Å²) in [4.78, 5) is 4.19. The van der Waals surface area contributed by atoms with E-state index in [4.69, 9.17) is 0 Å². The third-order valence-electron chi connectivity index (χ3n) is 2.40. The van der Waals surface area contributed by atoms with Crippen LogP contribution in [-0.4, -0.2) is 36.5 Å². The van der Waals surface area contributed by atoms with Gasteiger partial charge in [0, 0.05) is 35.9 Å². The first-order valence-electron chi connectivity index (χ1n) is 4.66. The topological polar surface area (TPSA) is 50.3 Å². The number of sulfonamides is 1. The summed E-state index contributed by atoms with van der Waals surface area (Å²) in [5.74, 6) is 0.292. The third kappa shape index (κ3) is 2.56. The van der Waals surface area contributed by atoms with E-state index in [0.717, 1.165) is 10.2 Å². The molecule has 2 rings (SSSR count). The van der Waals surface area contributed by atoms with Gasteiger partial charge in [0.05, 0.1) is 5.75 Å². The van der Waals surface area contributed by atoms with Gasteiger partial charge in [-0.1, -0.05) is 0 Å². The maximum absolute atomic E-state index is 11.2. The number of aromatic nitrogens is 1. The summed E-state index contributed by atoms with van der Waals surface area (Å²) in [6.45, 7) is 1.19. The molecule has 0 aromatic carbocycles. The van der Waals surface area contributed by atoms with E-state index < -0.39 is 10.0 Å². The molecule has 0 saturated carbocycles. The SMILES string of the molecule is O=S1(=O)CCN1CCc1ccc(Br)cn1. The molecule has 1 aromatic heterocycles. The number of nitrogens with zero attached hydrogens (tertiary/aromatic N) is 2. The molecule has 0 bridgehead atoms. The quantitative estimate of drug-likeness (QED) is 0.836. The Balaban J connectivity index is 1.91. The van der Waals surface area contributed by atoms with Gasteiger partial charge in [-0.2, -0.15) is 0 Å². The molecule has 15 heavy (non-hydrogen) atoms. The molecule has 1 aliphatic heterocycles. The smallest absolute Gasteiger partial charge is 0.215 e. The first-order chi connectivity index (χ1) is 7.08. The molecule has 4 nitrogen and oxygen atoms in total.